The van der Waals surface area contributed by atoms with E-state index in [2.05, 4.69) is 20.8 Å². The van der Waals surface area contributed by atoms with Crippen LogP contribution in [-0.4, -0.2) is 11.9 Å². The normalized spacial score (nSPS) is 11.1. The highest BCUT2D eigenvalue weighted by molar-refractivity contribution is 5.78. The van der Waals surface area contributed by atoms with Crippen LogP contribution < -0.4 is 10.5 Å². The minimum atomic E-state index is -0.450. The smallest absolute Gasteiger partial charge is 0.308 e. The number of hydrogen-bond donors (Lipinski definition) is 1. The standard InChI is InChI=1S/C14H19NO3/c1-9(16)18-12-6-5-11(14(2,3)4)7-10(12)8-13(15)17/h5-7H,8H2,1-4H3,(H2,15,17). The van der Waals surface area contributed by atoms with E-state index in [1.165, 1.54) is 6.92 Å². The summed E-state index contributed by atoms with van der Waals surface area (Å²) in [7, 11) is 0. The van der Waals surface area contributed by atoms with Gasteiger partial charge in [0.15, 0.2) is 0 Å². The molecule has 0 spiro atoms. The van der Waals surface area contributed by atoms with Gasteiger partial charge in [0.05, 0.1) is 6.42 Å². The molecule has 0 aliphatic carbocycles. The Hall–Kier alpha value is -1.84. The summed E-state index contributed by atoms with van der Waals surface area (Å²) in [6.07, 6.45) is 0.0620. The minimum absolute atomic E-state index is 0.0405. The SMILES string of the molecule is CC(=O)Oc1ccc(C(C)(C)C)cc1CC(N)=O. The van der Waals surface area contributed by atoms with Crippen LogP contribution in [0.1, 0.15) is 38.8 Å². The summed E-state index contributed by atoms with van der Waals surface area (Å²) in [4.78, 5) is 22.0. The molecule has 0 atom stereocenters. The first-order chi connectivity index (χ1) is 8.20. The van der Waals surface area contributed by atoms with Crippen molar-refractivity contribution in [2.75, 3.05) is 0 Å². The van der Waals surface area contributed by atoms with Crippen LogP contribution in [0.25, 0.3) is 0 Å². The number of ether oxygens (including phenoxy) is 1. The van der Waals surface area contributed by atoms with Gasteiger partial charge < -0.3 is 10.5 Å². The Balaban J connectivity index is 3.20. The Kier molecular flexibility index (Phi) is 4.11. The van der Waals surface area contributed by atoms with Crippen LogP contribution in [0.15, 0.2) is 18.2 Å². The first-order valence-electron chi connectivity index (χ1n) is 5.80. The molecule has 0 unspecified atom stereocenters. The van der Waals surface area contributed by atoms with Crippen LogP contribution in [0.4, 0.5) is 0 Å². The van der Waals surface area contributed by atoms with Crippen molar-refractivity contribution in [1.82, 2.24) is 0 Å². The zero-order valence-electron chi connectivity index (χ0n) is 11.2. The minimum Gasteiger partial charge on any atom is -0.426 e. The van der Waals surface area contributed by atoms with Crippen molar-refractivity contribution >= 4 is 11.9 Å². The molecule has 0 radical (unpaired) electrons. The van der Waals surface area contributed by atoms with E-state index in [1.54, 1.807) is 6.07 Å². The Bertz CT molecular complexity index is 472. The van der Waals surface area contributed by atoms with Gasteiger partial charge in [0.2, 0.25) is 5.91 Å². The van der Waals surface area contributed by atoms with E-state index in [9.17, 15) is 9.59 Å². The number of carbonyl (C=O) groups is 2. The molecule has 1 aromatic rings. The fourth-order valence-corrected chi connectivity index (χ4v) is 1.63. The van der Waals surface area contributed by atoms with Crippen molar-refractivity contribution in [3.8, 4) is 5.75 Å². The molecule has 1 amide bonds. The van der Waals surface area contributed by atoms with Gasteiger partial charge in [-0.25, -0.2) is 0 Å². The number of carbonyl (C=O) groups excluding carboxylic acids is 2. The summed E-state index contributed by atoms with van der Waals surface area (Å²) < 4.78 is 5.07. The van der Waals surface area contributed by atoms with Gasteiger partial charge in [0.1, 0.15) is 5.75 Å². The Morgan fingerprint density at radius 2 is 1.89 bits per heavy atom. The first kappa shape index (κ1) is 14.2. The predicted octanol–water partition coefficient (Wildman–Crippen LogP) is 1.94. The molecule has 0 aliphatic heterocycles. The van der Waals surface area contributed by atoms with Crippen LogP contribution >= 0.6 is 0 Å². The predicted molar refractivity (Wildman–Crippen MR) is 69.3 cm³/mol. The molecular weight excluding hydrogens is 230 g/mol. The molecule has 0 saturated heterocycles. The zero-order valence-corrected chi connectivity index (χ0v) is 11.2. The lowest BCUT2D eigenvalue weighted by Crippen LogP contribution is -2.17. The summed E-state index contributed by atoms with van der Waals surface area (Å²) in [6, 6.07) is 5.46. The maximum atomic E-state index is 11.0. The van der Waals surface area contributed by atoms with Crippen molar-refractivity contribution in [3.05, 3.63) is 29.3 Å². The van der Waals surface area contributed by atoms with E-state index in [0.29, 0.717) is 11.3 Å². The Morgan fingerprint density at radius 1 is 1.28 bits per heavy atom. The molecular formula is C14H19NO3. The molecule has 98 valence electrons. The quantitative estimate of drug-likeness (QED) is 0.657. The third-order valence-corrected chi connectivity index (χ3v) is 2.54. The molecule has 4 heteroatoms. The largest absolute Gasteiger partial charge is 0.426 e. The number of esters is 1. The van der Waals surface area contributed by atoms with Crippen LogP contribution in [0.2, 0.25) is 0 Å². The van der Waals surface area contributed by atoms with Gasteiger partial charge in [-0.2, -0.15) is 0 Å². The number of nitrogens with two attached hydrogens (primary N) is 1. The highest BCUT2D eigenvalue weighted by atomic mass is 16.5. The second kappa shape index (κ2) is 5.21. The molecule has 4 nitrogen and oxygen atoms in total. The first-order valence-corrected chi connectivity index (χ1v) is 5.80. The molecule has 2 N–H and O–H groups in total. The van der Waals surface area contributed by atoms with Gasteiger partial charge >= 0.3 is 5.97 Å². The van der Waals surface area contributed by atoms with E-state index >= 15 is 0 Å². The molecule has 0 aliphatic rings. The molecule has 0 heterocycles. The van der Waals surface area contributed by atoms with Gasteiger partial charge in [0, 0.05) is 12.5 Å². The van der Waals surface area contributed by atoms with Crippen LogP contribution in [0.5, 0.6) is 5.75 Å². The van der Waals surface area contributed by atoms with Gasteiger partial charge in [-0.05, 0) is 17.0 Å². The average molecular weight is 249 g/mol. The molecule has 1 aromatic carbocycles. The van der Waals surface area contributed by atoms with E-state index in [0.717, 1.165) is 5.56 Å². The summed E-state index contributed by atoms with van der Waals surface area (Å²) in [5.74, 6) is -0.465. The highest BCUT2D eigenvalue weighted by Gasteiger charge is 2.17. The van der Waals surface area contributed by atoms with E-state index in [-0.39, 0.29) is 11.8 Å². The Labute approximate surface area is 107 Å². The molecule has 18 heavy (non-hydrogen) atoms. The van der Waals surface area contributed by atoms with Crippen LogP contribution in [-0.2, 0) is 21.4 Å². The lowest BCUT2D eigenvalue weighted by atomic mass is 9.85. The molecule has 0 fully saturated rings. The van der Waals surface area contributed by atoms with E-state index < -0.39 is 11.9 Å². The number of benzene rings is 1. The second-order valence-corrected chi connectivity index (χ2v) is 5.31. The van der Waals surface area contributed by atoms with Crippen molar-refractivity contribution in [2.45, 2.75) is 39.5 Å². The molecule has 0 aromatic heterocycles. The van der Waals surface area contributed by atoms with Crippen molar-refractivity contribution in [2.24, 2.45) is 5.73 Å². The summed E-state index contributed by atoms with van der Waals surface area (Å²) in [6.45, 7) is 7.54. The summed E-state index contributed by atoms with van der Waals surface area (Å²) in [5.41, 5.74) is 6.87. The fourth-order valence-electron chi connectivity index (χ4n) is 1.63. The van der Waals surface area contributed by atoms with Crippen LogP contribution in [0.3, 0.4) is 0 Å². The fraction of sp³-hybridized carbons (Fsp3) is 0.429. The number of rotatable bonds is 3. The average Bonchev–Trinajstić information content (AvgIpc) is 2.17. The summed E-state index contributed by atoms with van der Waals surface area (Å²) in [5, 5.41) is 0. The van der Waals surface area contributed by atoms with Crippen molar-refractivity contribution in [3.63, 3.8) is 0 Å². The molecule has 0 bridgehead atoms. The van der Waals surface area contributed by atoms with Crippen molar-refractivity contribution in [1.29, 1.82) is 0 Å². The third-order valence-electron chi connectivity index (χ3n) is 2.54. The van der Waals surface area contributed by atoms with Gasteiger partial charge in [-0.3, -0.25) is 9.59 Å². The topological polar surface area (TPSA) is 69.4 Å². The van der Waals surface area contributed by atoms with Gasteiger partial charge in [-0.15, -0.1) is 0 Å². The maximum Gasteiger partial charge on any atom is 0.308 e. The second-order valence-electron chi connectivity index (χ2n) is 5.31. The molecule has 1 rings (SSSR count). The number of hydrogen-bond acceptors (Lipinski definition) is 3. The van der Waals surface area contributed by atoms with Crippen LogP contribution in [0, 0.1) is 0 Å². The monoisotopic (exact) mass is 249 g/mol. The number of amides is 1. The van der Waals surface area contributed by atoms with E-state index in [4.69, 9.17) is 10.5 Å². The van der Waals surface area contributed by atoms with Gasteiger partial charge in [0.25, 0.3) is 0 Å². The summed E-state index contributed by atoms with van der Waals surface area (Å²) >= 11 is 0. The zero-order chi connectivity index (χ0) is 13.9. The molecule has 0 saturated carbocycles. The van der Waals surface area contributed by atoms with Gasteiger partial charge in [-0.1, -0.05) is 32.9 Å². The van der Waals surface area contributed by atoms with E-state index in [1.807, 2.05) is 12.1 Å². The lowest BCUT2D eigenvalue weighted by molar-refractivity contribution is -0.132. The third kappa shape index (κ3) is 3.87. The maximum absolute atomic E-state index is 11.0. The Morgan fingerprint density at radius 3 is 2.33 bits per heavy atom. The van der Waals surface area contributed by atoms with Crippen molar-refractivity contribution < 1.29 is 14.3 Å². The lowest BCUT2D eigenvalue weighted by Gasteiger charge is -2.20. The number of primary amides is 1. The highest BCUT2D eigenvalue weighted by Crippen LogP contribution is 2.28.